The Morgan fingerprint density at radius 1 is 0.967 bits per heavy atom. The Labute approximate surface area is 188 Å². The van der Waals surface area contributed by atoms with Gasteiger partial charge in [0, 0.05) is 26.9 Å². The summed E-state index contributed by atoms with van der Waals surface area (Å²) in [6.45, 7) is 0. The van der Waals surface area contributed by atoms with E-state index in [0.717, 1.165) is 4.47 Å². The van der Waals surface area contributed by atoms with Crippen LogP contribution in [0.4, 0.5) is 10.1 Å². The molecule has 3 aromatic carbocycles. The quantitative estimate of drug-likeness (QED) is 0.315. The Morgan fingerprint density at radius 3 is 2.43 bits per heavy atom. The SMILES string of the molecule is O=C(N/N=C\c1cc(Br)cc(Br)c1O)c1cccc(NC(=O)c2ccc(F)cc2)c1. The van der Waals surface area contributed by atoms with Crippen molar-refractivity contribution in [2.45, 2.75) is 0 Å². The maximum Gasteiger partial charge on any atom is 0.271 e. The average Bonchev–Trinajstić information content (AvgIpc) is 2.72. The van der Waals surface area contributed by atoms with Gasteiger partial charge in [0.2, 0.25) is 0 Å². The minimum Gasteiger partial charge on any atom is -0.506 e. The molecule has 0 aromatic heterocycles. The first-order valence-corrected chi connectivity index (χ1v) is 10.1. The number of amides is 2. The Kier molecular flexibility index (Phi) is 6.96. The summed E-state index contributed by atoms with van der Waals surface area (Å²) in [4.78, 5) is 24.6. The first-order valence-electron chi connectivity index (χ1n) is 8.52. The largest absolute Gasteiger partial charge is 0.506 e. The number of hydrogen-bond acceptors (Lipinski definition) is 4. The fraction of sp³-hybridized carbons (Fsp3) is 0. The maximum atomic E-state index is 13.0. The number of carbonyl (C=O) groups is 2. The molecule has 3 N–H and O–H groups in total. The zero-order valence-electron chi connectivity index (χ0n) is 15.2. The number of anilines is 1. The maximum absolute atomic E-state index is 13.0. The molecule has 0 aliphatic rings. The van der Waals surface area contributed by atoms with Crippen molar-refractivity contribution in [1.82, 2.24) is 5.43 Å². The van der Waals surface area contributed by atoms with Crippen LogP contribution in [-0.4, -0.2) is 23.1 Å². The molecule has 0 saturated heterocycles. The Balaban J connectivity index is 1.67. The number of carbonyl (C=O) groups excluding carboxylic acids is 2. The highest BCUT2D eigenvalue weighted by molar-refractivity contribution is 9.11. The predicted molar refractivity (Wildman–Crippen MR) is 119 cm³/mol. The highest BCUT2D eigenvalue weighted by Gasteiger charge is 2.10. The van der Waals surface area contributed by atoms with Crippen molar-refractivity contribution in [1.29, 1.82) is 0 Å². The number of rotatable bonds is 5. The third-order valence-electron chi connectivity index (χ3n) is 3.92. The smallest absolute Gasteiger partial charge is 0.271 e. The lowest BCUT2D eigenvalue weighted by Gasteiger charge is -2.07. The summed E-state index contributed by atoms with van der Waals surface area (Å²) in [6.07, 6.45) is 1.31. The van der Waals surface area contributed by atoms with Crippen LogP contribution in [0.3, 0.4) is 0 Å². The zero-order chi connectivity index (χ0) is 21.7. The Bertz CT molecular complexity index is 1130. The Hall–Kier alpha value is -3.04. The normalized spacial score (nSPS) is 10.8. The van der Waals surface area contributed by atoms with E-state index < -0.39 is 17.6 Å². The summed E-state index contributed by atoms with van der Waals surface area (Å²) in [5.74, 6) is -1.38. The van der Waals surface area contributed by atoms with E-state index in [9.17, 15) is 19.1 Å². The molecule has 2 amide bonds. The topological polar surface area (TPSA) is 90.8 Å². The van der Waals surface area contributed by atoms with Crippen molar-refractivity contribution in [3.63, 3.8) is 0 Å². The van der Waals surface area contributed by atoms with Gasteiger partial charge in [0.15, 0.2) is 0 Å². The molecule has 152 valence electrons. The summed E-state index contributed by atoms with van der Waals surface area (Å²) >= 11 is 6.53. The highest BCUT2D eigenvalue weighted by Crippen LogP contribution is 2.30. The molecule has 0 aliphatic heterocycles. The summed E-state index contributed by atoms with van der Waals surface area (Å²) in [6, 6.07) is 14.7. The van der Waals surface area contributed by atoms with E-state index in [-0.39, 0.29) is 16.9 Å². The minimum absolute atomic E-state index is 0.0123. The molecule has 0 atom stereocenters. The molecule has 30 heavy (non-hydrogen) atoms. The second-order valence-electron chi connectivity index (χ2n) is 6.07. The van der Waals surface area contributed by atoms with Crippen LogP contribution in [0.5, 0.6) is 5.75 Å². The second-order valence-corrected chi connectivity index (χ2v) is 7.84. The number of benzene rings is 3. The van der Waals surface area contributed by atoms with E-state index in [1.54, 1.807) is 30.3 Å². The number of phenolic OH excluding ortho intramolecular Hbond substituents is 1. The van der Waals surface area contributed by atoms with Gasteiger partial charge in [0.25, 0.3) is 11.8 Å². The van der Waals surface area contributed by atoms with Crippen LogP contribution in [0, 0.1) is 5.82 Å². The molecule has 0 heterocycles. The van der Waals surface area contributed by atoms with E-state index in [0.29, 0.717) is 15.7 Å². The van der Waals surface area contributed by atoms with Crippen molar-refractivity contribution in [2.24, 2.45) is 5.10 Å². The van der Waals surface area contributed by atoms with E-state index in [2.05, 4.69) is 47.7 Å². The van der Waals surface area contributed by atoms with Crippen molar-refractivity contribution in [2.75, 3.05) is 5.32 Å². The first kappa shape index (κ1) is 21.7. The number of hydrazone groups is 1. The van der Waals surface area contributed by atoms with Crippen LogP contribution >= 0.6 is 31.9 Å². The molecule has 6 nitrogen and oxygen atoms in total. The molecule has 3 rings (SSSR count). The molecule has 0 unspecified atom stereocenters. The molecule has 3 aromatic rings. The van der Waals surface area contributed by atoms with E-state index in [1.165, 1.54) is 36.5 Å². The van der Waals surface area contributed by atoms with Gasteiger partial charge in [-0.15, -0.1) is 0 Å². The van der Waals surface area contributed by atoms with Crippen molar-refractivity contribution >= 4 is 55.6 Å². The number of phenols is 1. The molecular formula is C21H14Br2FN3O3. The lowest BCUT2D eigenvalue weighted by Crippen LogP contribution is -2.18. The van der Waals surface area contributed by atoms with Crippen LogP contribution in [0.15, 0.2) is 74.7 Å². The Morgan fingerprint density at radius 2 is 1.70 bits per heavy atom. The van der Waals surface area contributed by atoms with Gasteiger partial charge in [-0.25, -0.2) is 9.82 Å². The number of aromatic hydroxyl groups is 1. The highest BCUT2D eigenvalue weighted by atomic mass is 79.9. The van der Waals surface area contributed by atoms with Crippen molar-refractivity contribution in [3.8, 4) is 5.75 Å². The standard InChI is InChI=1S/C21H14Br2FN3O3/c22-15-8-14(19(28)18(23)10-15)11-25-27-21(30)13-2-1-3-17(9-13)26-20(29)12-4-6-16(24)7-5-12/h1-11,28H,(H,26,29)(H,27,30)/b25-11-. The van der Waals surface area contributed by atoms with Gasteiger partial charge in [0.05, 0.1) is 10.7 Å². The van der Waals surface area contributed by atoms with Crippen molar-refractivity contribution in [3.05, 3.63) is 92.1 Å². The fourth-order valence-electron chi connectivity index (χ4n) is 2.45. The molecule has 0 bridgehead atoms. The van der Waals surface area contributed by atoms with Gasteiger partial charge in [-0.2, -0.15) is 5.10 Å². The van der Waals surface area contributed by atoms with Gasteiger partial charge in [-0.3, -0.25) is 9.59 Å². The molecule has 9 heteroatoms. The lowest BCUT2D eigenvalue weighted by molar-refractivity contribution is 0.0953. The lowest BCUT2D eigenvalue weighted by atomic mass is 10.1. The van der Waals surface area contributed by atoms with Gasteiger partial charge in [-0.05, 0) is 70.5 Å². The number of halogens is 3. The fourth-order valence-corrected chi connectivity index (χ4v) is 3.71. The predicted octanol–water partition coefficient (Wildman–Crippen LogP) is 5.07. The average molecular weight is 535 g/mol. The molecule has 0 radical (unpaired) electrons. The van der Waals surface area contributed by atoms with E-state index >= 15 is 0 Å². The van der Waals surface area contributed by atoms with Crippen molar-refractivity contribution < 1.29 is 19.1 Å². The summed E-state index contributed by atoms with van der Waals surface area (Å²) in [5, 5.41) is 16.5. The van der Waals surface area contributed by atoms with Crippen LogP contribution in [0.1, 0.15) is 26.3 Å². The molecule has 0 saturated carbocycles. The number of hydrogen-bond donors (Lipinski definition) is 3. The summed E-state index contributed by atoms with van der Waals surface area (Å²) in [7, 11) is 0. The summed E-state index contributed by atoms with van der Waals surface area (Å²) in [5.41, 5.74) is 3.72. The van der Waals surface area contributed by atoms with Gasteiger partial charge in [-0.1, -0.05) is 22.0 Å². The van der Waals surface area contributed by atoms with Gasteiger partial charge in [0.1, 0.15) is 11.6 Å². The monoisotopic (exact) mass is 533 g/mol. The molecule has 0 aliphatic carbocycles. The number of nitrogens with zero attached hydrogens (tertiary/aromatic N) is 1. The third-order valence-corrected chi connectivity index (χ3v) is 4.98. The van der Waals surface area contributed by atoms with Gasteiger partial charge >= 0.3 is 0 Å². The zero-order valence-corrected chi connectivity index (χ0v) is 18.4. The van der Waals surface area contributed by atoms with Gasteiger partial charge < -0.3 is 10.4 Å². The molecule has 0 fully saturated rings. The van der Waals surface area contributed by atoms with Crippen LogP contribution in [0.25, 0.3) is 0 Å². The minimum atomic E-state index is -0.502. The summed E-state index contributed by atoms with van der Waals surface area (Å²) < 4.78 is 14.2. The first-order chi connectivity index (χ1) is 14.3. The molecule has 0 spiro atoms. The van der Waals surface area contributed by atoms with Crippen LogP contribution in [0.2, 0.25) is 0 Å². The second kappa shape index (κ2) is 9.64. The molecular weight excluding hydrogens is 521 g/mol. The van der Waals surface area contributed by atoms with E-state index in [4.69, 9.17) is 0 Å². The van der Waals surface area contributed by atoms with Crippen LogP contribution < -0.4 is 10.7 Å². The number of nitrogens with one attached hydrogen (secondary N) is 2. The third kappa shape index (κ3) is 5.52. The van der Waals surface area contributed by atoms with E-state index in [1.807, 2.05) is 0 Å². The van der Waals surface area contributed by atoms with Crippen LogP contribution in [-0.2, 0) is 0 Å².